The summed E-state index contributed by atoms with van der Waals surface area (Å²) >= 11 is 0. The Balaban J connectivity index is 2.28. The number of hydrogen-bond acceptors (Lipinski definition) is 2. The molecule has 0 aliphatic carbocycles. The third-order valence-corrected chi connectivity index (χ3v) is 2.66. The van der Waals surface area contributed by atoms with Crippen molar-refractivity contribution in [3.05, 3.63) is 12.2 Å². The molecule has 2 nitrogen and oxygen atoms in total. The SMILES string of the molecule is CC=CC1CC(CCCCC)OC1=O. The minimum atomic E-state index is -0.0374. The summed E-state index contributed by atoms with van der Waals surface area (Å²) in [5, 5.41) is 0. The van der Waals surface area contributed by atoms with Crippen LogP contribution >= 0.6 is 0 Å². The molecule has 14 heavy (non-hydrogen) atoms. The van der Waals surface area contributed by atoms with Crippen LogP contribution in [-0.2, 0) is 9.53 Å². The van der Waals surface area contributed by atoms with Crippen LogP contribution in [0.4, 0.5) is 0 Å². The molecule has 0 N–H and O–H groups in total. The number of carbonyl (C=O) groups excluding carboxylic acids is 1. The van der Waals surface area contributed by atoms with E-state index in [1.165, 1.54) is 19.3 Å². The summed E-state index contributed by atoms with van der Waals surface area (Å²) in [6.45, 7) is 4.13. The van der Waals surface area contributed by atoms with E-state index in [4.69, 9.17) is 4.74 Å². The van der Waals surface area contributed by atoms with Gasteiger partial charge in [0, 0.05) is 6.42 Å². The standard InChI is InChI=1S/C12H20O2/c1-3-5-6-8-11-9-10(7-4-2)12(13)14-11/h4,7,10-11H,3,5-6,8-9H2,1-2H3. The minimum absolute atomic E-state index is 0.0200. The lowest BCUT2D eigenvalue weighted by Crippen LogP contribution is -2.06. The topological polar surface area (TPSA) is 26.3 Å². The van der Waals surface area contributed by atoms with Crippen LogP contribution in [0, 0.1) is 5.92 Å². The molecule has 1 heterocycles. The lowest BCUT2D eigenvalue weighted by atomic mass is 10.0. The maximum absolute atomic E-state index is 11.3. The summed E-state index contributed by atoms with van der Waals surface area (Å²) in [6.07, 6.45) is 9.61. The van der Waals surface area contributed by atoms with E-state index >= 15 is 0 Å². The largest absolute Gasteiger partial charge is 0.462 e. The van der Waals surface area contributed by atoms with Crippen LogP contribution < -0.4 is 0 Å². The Morgan fingerprint density at radius 2 is 2.29 bits per heavy atom. The molecule has 2 atom stereocenters. The van der Waals surface area contributed by atoms with Crippen LogP contribution in [0.15, 0.2) is 12.2 Å². The van der Waals surface area contributed by atoms with Gasteiger partial charge in [-0.25, -0.2) is 0 Å². The summed E-state index contributed by atoms with van der Waals surface area (Å²) < 4.78 is 5.28. The van der Waals surface area contributed by atoms with Crippen molar-refractivity contribution in [1.82, 2.24) is 0 Å². The van der Waals surface area contributed by atoms with Gasteiger partial charge in [0.25, 0.3) is 0 Å². The predicted octanol–water partition coefficient (Wildman–Crippen LogP) is 3.07. The lowest BCUT2D eigenvalue weighted by molar-refractivity contribution is -0.143. The quantitative estimate of drug-likeness (QED) is 0.384. The highest BCUT2D eigenvalue weighted by Gasteiger charge is 2.31. The summed E-state index contributed by atoms with van der Waals surface area (Å²) in [5.41, 5.74) is 0. The molecule has 0 saturated carbocycles. The first-order valence-electron chi connectivity index (χ1n) is 5.61. The highest BCUT2D eigenvalue weighted by Crippen LogP contribution is 2.25. The monoisotopic (exact) mass is 196 g/mol. The second-order valence-electron chi connectivity index (χ2n) is 3.92. The van der Waals surface area contributed by atoms with Crippen LogP contribution in [0.25, 0.3) is 0 Å². The van der Waals surface area contributed by atoms with Gasteiger partial charge >= 0.3 is 5.97 Å². The molecule has 1 saturated heterocycles. The maximum atomic E-state index is 11.3. The number of rotatable bonds is 5. The zero-order valence-corrected chi connectivity index (χ0v) is 9.16. The van der Waals surface area contributed by atoms with E-state index in [9.17, 15) is 4.79 Å². The van der Waals surface area contributed by atoms with Gasteiger partial charge in [-0.15, -0.1) is 0 Å². The number of esters is 1. The van der Waals surface area contributed by atoms with Crippen molar-refractivity contribution in [2.75, 3.05) is 0 Å². The Bertz CT molecular complexity index is 208. The van der Waals surface area contributed by atoms with Crippen LogP contribution in [0.5, 0.6) is 0 Å². The highest BCUT2D eigenvalue weighted by molar-refractivity contribution is 5.76. The minimum Gasteiger partial charge on any atom is -0.462 e. The van der Waals surface area contributed by atoms with E-state index in [0.717, 1.165) is 12.8 Å². The normalized spacial score (nSPS) is 27.1. The van der Waals surface area contributed by atoms with Gasteiger partial charge in [0.2, 0.25) is 0 Å². The molecule has 0 aromatic heterocycles. The van der Waals surface area contributed by atoms with Gasteiger partial charge in [0.05, 0.1) is 5.92 Å². The van der Waals surface area contributed by atoms with Gasteiger partial charge in [0.1, 0.15) is 6.10 Å². The number of unbranched alkanes of at least 4 members (excludes halogenated alkanes) is 2. The van der Waals surface area contributed by atoms with Crippen LogP contribution in [-0.4, -0.2) is 12.1 Å². The predicted molar refractivity (Wildman–Crippen MR) is 56.9 cm³/mol. The van der Waals surface area contributed by atoms with E-state index < -0.39 is 0 Å². The first-order valence-corrected chi connectivity index (χ1v) is 5.61. The first kappa shape index (κ1) is 11.3. The molecule has 0 amide bonds. The van der Waals surface area contributed by atoms with Crippen molar-refractivity contribution >= 4 is 5.97 Å². The fourth-order valence-electron chi connectivity index (χ4n) is 1.87. The van der Waals surface area contributed by atoms with Crippen molar-refractivity contribution in [3.8, 4) is 0 Å². The van der Waals surface area contributed by atoms with Gasteiger partial charge in [-0.3, -0.25) is 4.79 Å². The van der Waals surface area contributed by atoms with Crippen molar-refractivity contribution in [2.24, 2.45) is 5.92 Å². The molecule has 0 aromatic carbocycles. The summed E-state index contributed by atoms with van der Waals surface area (Å²) in [5.74, 6) is -0.0174. The summed E-state index contributed by atoms with van der Waals surface area (Å²) in [4.78, 5) is 11.3. The Hall–Kier alpha value is -0.790. The summed E-state index contributed by atoms with van der Waals surface area (Å²) in [7, 11) is 0. The molecule has 2 heteroatoms. The number of cyclic esters (lactones) is 1. The summed E-state index contributed by atoms with van der Waals surface area (Å²) in [6, 6.07) is 0. The van der Waals surface area contributed by atoms with Crippen molar-refractivity contribution in [1.29, 1.82) is 0 Å². The van der Waals surface area contributed by atoms with Crippen molar-refractivity contribution < 1.29 is 9.53 Å². The van der Waals surface area contributed by atoms with E-state index in [2.05, 4.69) is 6.92 Å². The third-order valence-electron chi connectivity index (χ3n) is 2.66. The molecular formula is C12H20O2. The van der Waals surface area contributed by atoms with Crippen molar-refractivity contribution in [2.45, 2.75) is 52.1 Å². The maximum Gasteiger partial charge on any atom is 0.313 e. The molecule has 1 rings (SSSR count). The van der Waals surface area contributed by atoms with E-state index in [1.54, 1.807) is 0 Å². The molecule has 0 radical (unpaired) electrons. The molecule has 1 fully saturated rings. The van der Waals surface area contributed by atoms with Crippen LogP contribution in [0.2, 0.25) is 0 Å². The zero-order valence-electron chi connectivity index (χ0n) is 9.16. The number of hydrogen-bond donors (Lipinski definition) is 0. The molecule has 0 bridgehead atoms. The molecule has 0 spiro atoms. The molecule has 80 valence electrons. The van der Waals surface area contributed by atoms with E-state index in [-0.39, 0.29) is 18.0 Å². The number of carbonyl (C=O) groups is 1. The molecule has 1 aliphatic rings. The zero-order chi connectivity index (χ0) is 10.4. The van der Waals surface area contributed by atoms with Crippen LogP contribution in [0.1, 0.15) is 46.0 Å². The highest BCUT2D eigenvalue weighted by atomic mass is 16.5. The molecule has 0 aromatic rings. The number of allylic oxidation sites excluding steroid dienone is 1. The van der Waals surface area contributed by atoms with E-state index in [0.29, 0.717) is 0 Å². The first-order chi connectivity index (χ1) is 6.77. The molecule has 2 unspecified atom stereocenters. The fraction of sp³-hybridized carbons (Fsp3) is 0.750. The molecule has 1 aliphatic heterocycles. The van der Waals surface area contributed by atoms with E-state index in [1.807, 2.05) is 19.1 Å². The second-order valence-corrected chi connectivity index (χ2v) is 3.92. The molecular weight excluding hydrogens is 176 g/mol. The lowest BCUT2D eigenvalue weighted by Gasteiger charge is -2.07. The Labute approximate surface area is 86.3 Å². The Kier molecular flexibility index (Phi) is 4.71. The Morgan fingerprint density at radius 3 is 2.93 bits per heavy atom. The van der Waals surface area contributed by atoms with Gasteiger partial charge in [-0.1, -0.05) is 31.9 Å². The van der Waals surface area contributed by atoms with Gasteiger partial charge in [0.15, 0.2) is 0 Å². The van der Waals surface area contributed by atoms with Crippen molar-refractivity contribution in [3.63, 3.8) is 0 Å². The third kappa shape index (κ3) is 3.17. The fourth-order valence-corrected chi connectivity index (χ4v) is 1.87. The van der Waals surface area contributed by atoms with Gasteiger partial charge in [-0.05, 0) is 19.8 Å². The van der Waals surface area contributed by atoms with Crippen LogP contribution in [0.3, 0.4) is 0 Å². The van der Waals surface area contributed by atoms with Gasteiger partial charge in [-0.2, -0.15) is 0 Å². The second kappa shape index (κ2) is 5.84. The number of ether oxygens (including phenoxy) is 1. The Morgan fingerprint density at radius 1 is 1.50 bits per heavy atom. The van der Waals surface area contributed by atoms with Gasteiger partial charge < -0.3 is 4.74 Å². The average molecular weight is 196 g/mol. The smallest absolute Gasteiger partial charge is 0.313 e. The average Bonchev–Trinajstić information content (AvgIpc) is 2.49.